The summed E-state index contributed by atoms with van der Waals surface area (Å²) >= 11 is 3.12. The van der Waals surface area contributed by atoms with Gasteiger partial charge in [-0.2, -0.15) is 0 Å². The first-order valence-electron chi connectivity index (χ1n) is 7.34. The number of ketones is 2. The van der Waals surface area contributed by atoms with E-state index in [1.54, 1.807) is 24.3 Å². The molecule has 0 unspecified atom stereocenters. The molecule has 128 valence electrons. The van der Waals surface area contributed by atoms with E-state index in [9.17, 15) is 9.59 Å². The highest BCUT2D eigenvalue weighted by atomic mass is 79.9. The molecule has 0 atom stereocenters. The molecule has 24 heavy (non-hydrogen) atoms. The zero-order valence-corrected chi connectivity index (χ0v) is 15.6. The minimum atomic E-state index is -0.803. The summed E-state index contributed by atoms with van der Waals surface area (Å²) in [6.45, 7) is 2.00. The third kappa shape index (κ3) is 6.35. The van der Waals surface area contributed by atoms with E-state index in [0.717, 1.165) is 5.56 Å². The lowest BCUT2D eigenvalue weighted by molar-refractivity contribution is -0.0742. The molecule has 0 N–H and O–H groups in total. The van der Waals surface area contributed by atoms with Crippen LogP contribution in [-0.2, 0) is 9.47 Å². The fourth-order valence-corrected chi connectivity index (χ4v) is 2.19. The Hall–Kier alpha value is -1.82. The standard InChI is InChI=1S/C10H12O3.C9H9BrO/c1-12-10(13-2)9(11)8-6-4-3-5-7-8;1-7-2-4-8(5-3-7)9(11)6-10/h3-7,10H,1-2H3;2-5H,6H2,1H3. The molecule has 2 aromatic rings. The van der Waals surface area contributed by atoms with Crippen molar-refractivity contribution in [3.63, 3.8) is 0 Å². The molecule has 0 aromatic heterocycles. The van der Waals surface area contributed by atoms with Crippen LogP contribution in [0, 0.1) is 6.92 Å². The number of aryl methyl sites for hydroxylation is 1. The Bertz CT molecular complexity index is 634. The minimum absolute atomic E-state index is 0.130. The number of hydrogen-bond donors (Lipinski definition) is 0. The van der Waals surface area contributed by atoms with Gasteiger partial charge in [-0.15, -0.1) is 0 Å². The van der Waals surface area contributed by atoms with Crippen molar-refractivity contribution in [3.05, 3.63) is 71.3 Å². The van der Waals surface area contributed by atoms with Gasteiger partial charge in [-0.1, -0.05) is 76.1 Å². The van der Waals surface area contributed by atoms with Crippen LogP contribution in [-0.4, -0.2) is 37.4 Å². The van der Waals surface area contributed by atoms with Crippen molar-refractivity contribution < 1.29 is 19.1 Å². The van der Waals surface area contributed by atoms with E-state index in [2.05, 4.69) is 15.9 Å². The molecule has 0 aliphatic carbocycles. The van der Waals surface area contributed by atoms with Crippen LogP contribution in [0.25, 0.3) is 0 Å². The van der Waals surface area contributed by atoms with Crippen LogP contribution in [0.4, 0.5) is 0 Å². The van der Waals surface area contributed by atoms with Gasteiger partial charge in [0.2, 0.25) is 12.1 Å². The van der Waals surface area contributed by atoms with E-state index in [0.29, 0.717) is 10.9 Å². The highest BCUT2D eigenvalue weighted by Gasteiger charge is 2.17. The molecule has 2 rings (SSSR count). The van der Waals surface area contributed by atoms with Gasteiger partial charge in [0.25, 0.3) is 0 Å². The first-order valence-corrected chi connectivity index (χ1v) is 8.46. The summed E-state index contributed by atoms with van der Waals surface area (Å²) in [6.07, 6.45) is -0.803. The SMILES string of the molecule is COC(OC)C(=O)c1ccccc1.Cc1ccc(C(=O)CBr)cc1. The van der Waals surface area contributed by atoms with Crippen LogP contribution in [0.1, 0.15) is 26.3 Å². The number of ether oxygens (including phenoxy) is 2. The van der Waals surface area contributed by atoms with Crippen molar-refractivity contribution >= 4 is 27.5 Å². The van der Waals surface area contributed by atoms with Crippen molar-refractivity contribution in [3.8, 4) is 0 Å². The molecule has 4 nitrogen and oxygen atoms in total. The average Bonchev–Trinajstić information content (AvgIpc) is 2.64. The van der Waals surface area contributed by atoms with Crippen molar-refractivity contribution in [1.82, 2.24) is 0 Å². The molecule has 0 amide bonds. The molecule has 0 heterocycles. The molecule has 0 saturated carbocycles. The lowest BCUT2D eigenvalue weighted by Crippen LogP contribution is -2.24. The summed E-state index contributed by atoms with van der Waals surface area (Å²) in [5.74, 6) is -0.0319. The summed E-state index contributed by atoms with van der Waals surface area (Å²) in [5, 5.41) is 0.399. The lowest BCUT2D eigenvalue weighted by Gasteiger charge is -2.11. The fraction of sp³-hybridized carbons (Fsp3) is 0.263. The second kappa shape index (κ2) is 10.9. The van der Waals surface area contributed by atoms with E-state index < -0.39 is 6.29 Å². The Balaban J connectivity index is 0.000000243. The van der Waals surface area contributed by atoms with Gasteiger partial charge in [-0.25, -0.2) is 0 Å². The fourth-order valence-electron chi connectivity index (χ4n) is 1.87. The Morgan fingerprint density at radius 1 is 0.917 bits per heavy atom. The molecule has 0 spiro atoms. The zero-order chi connectivity index (χ0) is 17.9. The first kappa shape index (κ1) is 20.2. The quantitative estimate of drug-likeness (QED) is 0.422. The van der Waals surface area contributed by atoms with E-state index in [1.165, 1.54) is 19.8 Å². The van der Waals surface area contributed by atoms with E-state index in [4.69, 9.17) is 9.47 Å². The normalized spacial score (nSPS) is 10.0. The maximum absolute atomic E-state index is 11.6. The molecule has 0 fully saturated rings. The van der Waals surface area contributed by atoms with Crippen LogP contribution < -0.4 is 0 Å². The summed E-state index contributed by atoms with van der Waals surface area (Å²) in [6, 6.07) is 16.5. The van der Waals surface area contributed by atoms with Crippen molar-refractivity contribution in [1.29, 1.82) is 0 Å². The molecular formula is C19H21BrO4. The summed E-state index contributed by atoms with van der Waals surface area (Å²) < 4.78 is 9.69. The molecule has 0 saturated heterocycles. The average molecular weight is 393 g/mol. The molecular weight excluding hydrogens is 372 g/mol. The van der Waals surface area contributed by atoms with Crippen molar-refractivity contribution in [2.24, 2.45) is 0 Å². The Morgan fingerprint density at radius 3 is 1.92 bits per heavy atom. The summed E-state index contributed by atoms with van der Waals surface area (Å²) in [5.41, 5.74) is 2.54. The number of halogens is 1. The van der Waals surface area contributed by atoms with Gasteiger partial charge < -0.3 is 9.47 Å². The number of methoxy groups -OCH3 is 2. The Morgan fingerprint density at radius 2 is 1.46 bits per heavy atom. The molecule has 2 aromatic carbocycles. The van der Waals surface area contributed by atoms with Crippen molar-refractivity contribution in [2.45, 2.75) is 13.2 Å². The van der Waals surface area contributed by atoms with Crippen molar-refractivity contribution in [2.75, 3.05) is 19.5 Å². The number of benzene rings is 2. The van der Waals surface area contributed by atoms with Crippen LogP contribution in [0.5, 0.6) is 0 Å². The second-order valence-electron chi connectivity index (χ2n) is 4.96. The largest absolute Gasteiger partial charge is 0.349 e. The zero-order valence-electron chi connectivity index (χ0n) is 14.0. The van der Waals surface area contributed by atoms with E-state index in [-0.39, 0.29) is 11.6 Å². The lowest BCUT2D eigenvalue weighted by atomic mass is 10.1. The number of hydrogen-bond acceptors (Lipinski definition) is 4. The number of Topliss-reactive ketones (excluding diaryl/α,β-unsaturated/α-hetero) is 2. The van der Waals surface area contributed by atoms with Gasteiger partial charge in [-0.05, 0) is 6.92 Å². The van der Waals surface area contributed by atoms with E-state index in [1.807, 2.05) is 37.3 Å². The maximum atomic E-state index is 11.6. The van der Waals surface area contributed by atoms with Crippen LogP contribution in [0.3, 0.4) is 0 Å². The van der Waals surface area contributed by atoms with E-state index >= 15 is 0 Å². The third-order valence-electron chi connectivity index (χ3n) is 3.20. The molecule has 0 radical (unpaired) electrons. The van der Waals surface area contributed by atoms with Gasteiger partial charge >= 0.3 is 0 Å². The number of carbonyl (C=O) groups excluding carboxylic acids is 2. The van der Waals surface area contributed by atoms with Gasteiger partial charge in [-0.3, -0.25) is 9.59 Å². The first-order chi connectivity index (χ1) is 11.5. The number of carbonyl (C=O) groups is 2. The topological polar surface area (TPSA) is 52.6 Å². The predicted octanol–water partition coefficient (Wildman–Crippen LogP) is 4.06. The Kier molecular flexibility index (Phi) is 9.15. The van der Waals surface area contributed by atoms with Gasteiger partial charge in [0.1, 0.15) is 0 Å². The third-order valence-corrected chi connectivity index (χ3v) is 3.70. The summed E-state index contributed by atoms with van der Waals surface area (Å²) in [4.78, 5) is 22.6. The minimum Gasteiger partial charge on any atom is -0.349 e. The maximum Gasteiger partial charge on any atom is 0.222 e. The molecule has 0 bridgehead atoms. The number of alkyl halides is 1. The molecule has 5 heteroatoms. The highest BCUT2D eigenvalue weighted by molar-refractivity contribution is 9.09. The molecule has 0 aliphatic heterocycles. The van der Waals surface area contributed by atoms with Crippen LogP contribution >= 0.6 is 15.9 Å². The molecule has 0 aliphatic rings. The monoisotopic (exact) mass is 392 g/mol. The Labute approximate surface area is 150 Å². The smallest absolute Gasteiger partial charge is 0.222 e. The second-order valence-corrected chi connectivity index (χ2v) is 5.52. The van der Waals surface area contributed by atoms with Crippen LogP contribution in [0.2, 0.25) is 0 Å². The van der Waals surface area contributed by atoms with Gasteiger partial charge in [0.05, 0.1) is 5.33 Å². The summed E-state index contributed by atoms with van der Waals surface area (Å²) in [7, 11) is 2.88. The van der Waals surface area contributed by atoms with Gasteiger partial charge in [0, 0.05) is 25.3 Å². The van der Waals surface area contributed by atoms with Gasteiger partial charge in [0.15, 0.2) is 5.78 Å². The van der Waals surface area contributed by atoms with Crippen LogP contribution in [0.15, 0.2) is 54.6 Å². The predicted molar refractivity (Wildman–Crippen MR) is 97.9 cm³/mol. The number of rotatable bonds is 6. The highest BCUT2D eigenvalue weighted by Crippen LogP contribution is 2.06.